The Kier molecular flexibility index (Phi) is 5.85. The summed E-state index contributed by atoms with van der Waals surface area (Å²) >= 11 is 4.26. The number of hydrogen-bond acceptors (Lipinski definition) is 3. The summed E-state index contributed by atoms with van der Waals surface area (Å²) in [6.45, 7) is 3.56. The van der Waals surface area contributed by atoms with E-state index in [-0.39, 0.29) is 5.91 Å². The molecular formula is C13H18N2OS. The van der Waals surface area contributed by atoms with Crippen molar-refractivity contribution in [3.8, 4) is 6.07 Å². The van der Waals surface area contributed by atoms with E-state index in [2.05, 4.69) is 12.6 Å². The number of hydrogen-bond donors (Lipinski definition) is 1. The molecule has 1 amide bonds. The van der Waals surface area contributed by atoms with Gasteiger partial charge in [-0.1, -0.05) is 6.92 Å². The monoisotopic (exact) mass is 250 g/mol. The average Bonchev–Trinajstić information content (AvgIpc) is 2.38. The molecule has 0 aromatic carbocycles. The molecule has 0 N–H and O–H groups in total. The molecule has 1 aliphatic heterocycles. The number of likely N-dealkylation sites (tertiary alicyclic amines) is 1. The second-order valence-electron chi connectivity index (χ2n) is 4.07. The Morgan fingerprint density at radius 2 is 2.06 bits per heavy atom. The van der Waals surface area contributed by atoms with E-state index in [1.54, 1.807) is 6.08 Å². The topological polar surface area (TPSA) is 44.1 Å². The molecule has 17 heavy (non-hydrogen) atoms. The molecule has 0 aromatic heterocycles. The highest BCUT2D eigenvalue weighted by Crippen LogP contribution is 2.16. The molecule has 1 rings (SSSR count). The molecule has 1 heterocycles. The molecule has 0 saturated carbocycles. The Bertz CT molecular complexity index is 373. The average molecular weight is 250 g/mol. The number of piperidine rings is 1. The van der Waals surface area contributed by atoms with Crippen molar-refractivity contribution in [1.82, 2.24) is 4.90 Å². The summed E-state index contributed by atoms with van der Waals surface area (Å²) in [5, 5.41) is 8.72. The molecule has 1 fully saturated rings. The van der Waals surface area contributed by atoms with Crippen LogP contribution in [0.15, 0.2) is 22.6 Å². The van der Waals surface area contributed by atoms with Crippen LogP contribution in [-0.2, 0) is 4.79 Å². The lowest BCUT2D eigenvalue weighted by molar-refractivity contribution is -0.127. The van der Waals surface area contributed by atoms with E-state index in [1.165, 1.54) is 12.5 Å². The third kappa shape index (κ3) is 4.27. The third-order valence-corrected chi connectivity index (χ3v) is 3.24. The Hall–Kier alpha value is -1.21. The van der Waals surface area contributed by atoms with Crippen molar-refractivity contribution < 1.29 is 4.79 Å². The standard InChI is InChI=1S/C13H18N2OS/c1-2-12(17)10-11(6-7-14)13(16)15-8-4-3-5-9-15/h6,10,17H,2-5,8-9H2,1H3/b11-6-,12-10-. The number of rotatable bonds is 3. The molecule has 4 heteroatoms. The number of amides is 1. The normalized spacial score (nSPS) is 17.8. The van der Waals surface area contributed by atoms with Gasteiger partial charge >= 0.3 is 0 Å². The van der Waals surface area contributed by atoms with E-state index >= 15 is 0 Å². The van der Waals surface area contributed by atoms with Crippen molar-refractivity contribution in [3.63, 3.8) is 0 Å². The first kappa shape index (κ1) is 13.9. The van der Waals surface area contributed by atoms with Crippen LogP contribution in [0, 0.1) is 11.3 Å². The zero-order valence-electron chi connectivity index (χ0n) is 10.1. The lowest BCUT2D eigenvalue weighted by Gasteiger charge is -2.27. The zero-order valence-corrected chi connectivity index (χ0v) is 11.0. The molecule has 0 aromatic rings. The Labute approximate surface area is 108 Å². The van der Waals surface area contributed by atoms with Crippen molar-refractivity contribution in [2.45, 2.75) is 32.6 Å². The summed E-state index contributed by atoms with van der Waals surface area (Å²) in [5.74, 6) is -0.0498. The van der Waals surface area contributed by atoms with Gasteiger partial charge in [0.2, 0.25) is 0 Å². The summed E-state index contributed by atoms with van der Waals surface area (Å²) in [6, 6.07) is 1.93. The predicted octanol–water partition coefficient (Wildman–Crippen LogP) is 2.67. The lowest BCUT2D eigenvalue weighted by atomic mass is 10.1. The van der Waals surface area contributed by atoms with E-state index in [4.69, 9.17) is 5.26 Å². The molecule has 0 radical (unpaired) electrons. The molecular weight excluding hydrogens is 232 g/mol. The predicted molar refractivity (Wildman–Crippen MR) is 71.5 cm³/mol. The summed E-state index contributed by atoms with van der Waals surface area (Å²) in [5.41, 5.74) is 0.446. The number of nitriles is 1. The molecule has 0 atom stereocenters. The summed E-state index contributed by atoms with van der Waals surface area (Å²) in [6.07, 6.45) is 7.06. The minimum Gasteiger partial charge on any atom is -0.339 e. The summed E-state index contributed by atoms with van der Waals surface area (Å²) in [7, 11) is 0. The Balaban J connectivity index is 2.81. The van der Waals surface area contributed by atoms with Crippen LogP contribution in [0.5, 0.6) is 0 Å². The minimum absolute atomic E-state index is 0.0498. The number of allylic oxidation sites excluding steroid dienone is 2. The number of carbonyl (C=O) groups excluding carboxylic acids is 1. The number of nitrogens with zero attached hydrogens (tertiary/aromatic N) is 2. The fourth-order valence-corrected chi connectivity index (χ4v) is 1.93. The molecule has 0 unspecified atom stereocenters. The Morgan fingerprint density at radius 1 is 1.41 bits per heavy atom. The van der Waals surface area contributed by atoms with Gasteiger partial charge in [0.1, 0.15) is 0 Å². The number of carbonyl (C=O) groups is 1. The minimum atomic E-state index is -0.0498. The summed E-state index contributed by atoms with van der Waals surface area (Å²) < 4.78 is 0. The van der Waals surface area contributed by atoms with Gasteiger partial charge in [0.05, 0.1) is 11.6 Å². The van der Waals surface area contributed by atoms with E-state index in [0.29, 0.717) is 5.57 Å². The highest BCUT2D eigenvalue weighted by Gasteiger charge is 2.18. The summed E-state index contributed by atoms with van der Waals surface area (Å²) in [4.78, 5) is 14.8. The highest BCUT2D eigenvalue weighted by atomic mass is 32.1. The van der Waals surface area contributed by atoms with E-state index in [9.17, 15) is 4.79 Å². The van der Waals surface area contributed by atoms with Crippen molar-refractivity contribution in [2.75, 3.05) is 13.1 Å². The lowest BCUT2D eigenvalue weighted by Crippen LogP contribution is -2.36. The quantitative estimate of drug-likeness (QED) is 0.362. The van der Waals surface area contributed by atoms with Gasteiger partial charge in [0, 0.05) is 19.2 Å². The molecule has 1 aliphatic rings. The maximum atomic E-state index is 12.2. The van der Waals surface area contributed by atoms with Crippen LogP contribution >= 0.6 is 12.6 Å². The fourth-order valence-electron chi connectivity index (χ4n) is 1.80. The van der Waals surface area contributed by atoms with Crippen molar-refractivity contribution in [3.05, 3.63) is 22.6 Å². The Morgan fingerprint density at radius 3 is 2.59 bits per heavy atom. The van der Waals surface area contributed by atoms with Crippen LogP contribution in [0.1, 0.15) is 32.6 Å². The van der Waals surface area contributed by atoms with Gasteiger partial charge in [0.25, 0.3) is 5.91 Å². The maximum absolute atomic E-state index is 12.2. The number of thiol groups is 1. The highest BCUT2D eigenvalue weighted by molar-refractivity contribution is 7.84. The van der Waals surface area contributed by atoms with Crippen molar-refractivity contribution in [2.24, 2.45) is 0 Å². The van der Waals surface area contributed by atoms with Gasteiger partial charge in [-0.25, -0.2) is 0 Å². The van der Waals surface area contributed by atoms with Gasteiger partial charge in [0.15, 0.2) is 0 Å². The van der Waals surface area contributed by atoms with Crippen molar-refractivity contribution >= 4 is 18.5 Å². The molecule has 1 saturated heterocycles. The van der Waals surface area contributed by atoms with Crippen LogP contribution in [0.25, 0.3) is 0 Å². The molecule has 0 aliphatic carbocycles. The first-order valence-electron chi connectivity index (χ1n) is 5.97. The van der Waals surface area contributed by atoms with Crippen LogP contribution < -0.4 is 0 Å². The van der Waals surface area contributed by atoms with Crippen molar-refractivity contribution in [1.29, 1.82) is 5.26 Å². The SMILES string of the molecule is CC/C(S)=C/C(=C/C#N)C(=O)N1CCCCC1. The van der Waals surface area contributed by atoms with E-state index < -0.39 is 0 Å². The first-order chi connectivity index (χ1) is 8.19. The van der Waals surface area contributed by atoms with Gasteiger partial charge < -0.3 is 4.90 Å². The van der Waals surface area contributed by atoms with Gasteiger partial charge in [-0.3, -0.25) is 4.79 Å². The molecule has 0 spiro atoms. The van der Waals surface area contributed by atoms with Crippen LogP contribution in [0.3, 0.4) is 0 Å². The third-order valence-electron chi connectivity index (χ3n) is 2.79. The molecule has 3 nitrogen and oxygen atoms in total. The maximum Gasteiger partial charge on any atom is 0.254 e. The van der Waals surface area contributed by atoms with Gasteiger partial charge in [-0.2, -0.15) is 5.26 Å². The van der Waals surface area contributed by atoms with Crippen LogP contribution in [0.4, 0.5) is 0 Å². The fraction of sp³-hybridized carbons (Fsp3) is 0.538. The second-order valence-corrected chi connectivity index (χ2v) is 4.65. The zero-order chi connectivity index (χ0) is 12.7. The van der Waals surface area contributed by atoms with Gasteiger partial charge in [-0.15, -0.1) is 12.6 Å². The van der Waals surface area contributed by atoms with Crippen LogP contribution in [-0.4, -0.2) is 23.9 Å². The molecule has 0 bridgehead atoms. The molecule has 92 valence electrons. The second kappa shape index (κ2) is 7.18. The van der Waals surface area contributed by atoms with E-state index in [0.717, 1.165) is 37.3 Å². The van der Waals surface area contributed by atoms with Gasteiger partial charge in [-0.05, 0) is 36.7 Å². The van der Waals surface area contributed by atoms with E-state index in [1.807, 2.05) is 17.9 Å². The largest absolute Gasteiger partial charge is 0.339 e. The van der Waals surface area contributed by atoms with Crippen LogP contribution in [0.2, 0.25) is 0 Å². The smallest absolute Gasteiger partial charge is 0.254 e. The first-order valence-corrected chi connectivity index (χ1v) is 6.42.